The van der Waals surface area contributed by atoms with Crippen molar-refractivity contribution in [2.75, 3.05) is 19.0 Å². The van der Waals surface area contributed by atoms with Gasteiger partial charge in [0.1, 0.15) is 0 Å². The number of hydrogen-bond acceptors (Lipinski definition) is 2. The lowest BCUT2D eigenvalue weighted by molar-refractivity contribution is -0.119. The van der Waals surface area contributed by atoms with E-state index in [1.165, 1.54) is 19.3 Å². The smallest absolute Gasteiger partial charge is 0.324 e. The molecule has 4 nitrogen and oxygen atoms in total. The van der Waals surface area contributed by atoms with E-state index in [0.717, 1.165) is 6.54 Å². The number of amides is 3. The lowest BCUT2D eigenvalue weighted by atomic mass is 9.85. The van der Waals surface area contributed by atoms with Gasteiger partial charge in [-0.15, -0.1) is 11.6 Å². The summed E-state index contributed by atoms with van der Waals surface area (Å²) in [6.07, 6.45) is 3.84. The van der Waals surface area contributed by atoms with Gasteiger partial charge >= 0.3 is 6.03 Å². The predicted octanol–water partition coefficient (Wildman–Crippen LogP) is 1.97. The quantitative estimate of drug-likeness (QED) is 0.754. The van der Waals surface area contributed by atoms with Gasteiger partial charge in [0.05, 0.1) is 0 Å². The molecular formula is C11H19ClN2O2. The van der Waals surface area contributed by atoms with Gasteiger partial charge in [-0.2, -0.15) is 0 Å². The fraction of sp³-hybridized carbons (Fsp3) is 0.818. The summed E-state index contributed by atoms with van der Waals surface area (Å²) in [4.78, 5) is 24.6. The van der Waals surface area contributed by atoms with Crippen molar-refractivity contribution in [3.8, 4) is 0 Å². The number of rotatable bonds is 5. The number of hydrogen-bond donors (Lipinski definition) is 1. The molecular weight excluding hydrogens is 228 g/mol. The molecule has 1 aliphatic rings. The van der Waals surface area contributed by atoms with E-state index < -0.39 is 0 Å². The minimum absolute atomic E-state index is 0.189. The van der Waals surface area contributed by atoms with Crippen LogP contribution in [0, 0.1) is 5.92 Å². The van der Waals surface area contributed by atoms with E-state index in [1.807, 2.05) is 6.92 Å². The van der Waals surface area contributed by atoms with Gasteiger partial charge in [-0.3, -0.25) is 10.1 Å². The molecule has 0 aromatic rings. The van der Waals surface area contributed by atoms with E-state index >= 15 is 0 Å². The van der Waals surface area contributed by atoms with Gasteiger partial charge in [0.15, 0.2) is 0 Å². The topological polar surface area (TPSA) is 49.4 Å². The molecule has 1 fully saturated rings. The van der Waals surface area contributed by atoms with Crippen molar-refractivity contribution in [3.05, 3.63) is 0 Å². The zero-order valence-electron chi connectivity index (χ0n) is 9.67. The van der Waals surface area contributed by atoms with Crippen LogP contribution in [0.2, 0.25) is 0 Å². The number of halogens is 1. The molecule has 5 heteroatoms. The van der Waals surface area contributed by atoms with Crippen molar-refractivity contribution < 1.29 is 9.59 Å². The van der Waals surface area contributed by atoms with Crippen molar-refractivity contribution in [3.63, 3.8) is 0 Å². The van der Waals surface area contributed by atoms with Crippen molar-refractivity contribution in [2.45, 2.75) is 32.6 Å². The Morgan fingerprint density at radius 1 is 1.44 bits per heavy atom. The third-order valence-electron chi connectivity index (χ3n) is 2.94. The van der Waals surface area contributed by atoms with E-state index in [1.54, 1.807) is 4.90 Å². The van der Waals surface area contributed by atoms with Crippen LogP contribution >= 0.6 is 11.6 Å². The molecule has 3 amide bonds. The SMILES string of the molecule is CCN(CC1CCC1)C(=O)NC(=O)CCCl. The number of alkyl halides is 1. The first-order chi connectivity index (χ1) is 7.67. The maximum Gasteiger partial charge on any atom is 0.324 e. The Kier molecular flexibility index (Phi) is 5.60. The number of carbonyl (C=O) groups excluding carboxylic acids is 2. The molecule has 1 aliphatic carbocycles. The lowest BCUT2D eigenvalue weighted by Gasteiger charge is -2.31. The summed E-state index contributed by atoms with van der Waals surface area (Å²) in [5, 5.41) is 2.35. The summed E-state index contributed by atoms with van der Waals surface area (Å²) in [5.74, 6) is 0.564. The van der Waals surface area contributed by atoms with Crippen molar-refractivity contribution >= 4 is 23.5 Å². The second-order valence-corrected chi connectivity index (χ2v) is 4.51. The third kappa shape index (κ3) is 4.00. The highest BCUT2D eigenvalue weighted by Crippen LogP contribution is 2.26. The van der Waals surface area contributed by atoms with Gasteiger partial charge < -0.3 is 4.90 Å². The molecule has 0 bridgehead atoms. The normalized spacial score (nSPS) is 15.4. The van der Waals surface area contributed by atoms with E-state index in [2.05, 4.69) is 5.32 Å². The molecule has 0 aliphatic heterocycles. The molecule has 16 heavy (non-hydrogen) atoms. The van der Waals surface area contributed by atoms with Crippen LogP contribution < -0.4 is 5.32 Å². The molecule has 0 unspecified atom stereocenters. The highest BCUT2D eigenvalue weighted by molar-refractivity contribution is 6.19. The molecule has 0 heterocycles. The molecule has 0 aromatic carbocycles. The van der Waals surface area contributed by atoms with Gasteiger partial charge in [-0.25, -0.2) is 4.79 Å². The Morgan fingerprint density at radius 2 is 2.12 bits per heavy atom. The summed E-state index contributed by atoms with van der Waals surface area (Å²) in [6, 6.07) is -0.287. The first-order valence-corrected chi connectivity index (χ1v) is 6.35. The van der Waals surface area contributed by atoms with Crippen LogP contribution in [0.3, 0.4) is 0 Å². The maximum atomic E-state index is 11.7. The second kappa shape index (κ2) is 6.74. The van der Waals surface area contributed by atoms with Crippen molar-refractivity contribution in [1.82, 2.24) is 10.2 Å². The standard InChI is InChI=1S/C11H19ClN2O2/c1-2-14(8-9-4-3-5-9)11(16)13-10(15)6-7-12/h9H,2-8H2,1H3,(H,13,15,16). The zero-order valence-corrected chi connectivity index (χ0v) is 10.4. The Bertz CT molecular complexity index is 254. The average Bonchev–Trinajstić information content (AvgIpc) is 2.16. The molecule has 0 saturated heterocycles. The summed E-state index contributed by atoms with van der Waals surface area (Å²) in [7, 11) is 0. The molecule has 0 aromatic heterocycles. The summed E-state index contributed by atoms with van der Waals surface area (Å²) < 4.78 is 0. The first-order valence-electron chi connectivity index (χ1n) is 5.82. The van der Waals surface area contributed by atoms with E-state index in [9.17, 15) is 9.59 Å². The van der Waals surface area contributed by atoms with Crippen LogP contribution in [-0.2, 0) is 4.79 Å². The van der Waals surface area contributed by atoms with E-state index in [4.69, 9.17) is 11.6 Å². The molecule has 1 N–H and O–H groups in total. The molecule has 0 spiro atoms. The summed E-state index contributed by atoms with van der Waals surface area (Å²) in [5.41, 5.74) is 0. The van der Waals surface area contributed by atoms with Gasteiger partial charge in [0, 0.05) is 25.4 Å². The van der Waals surface area contributed by atoms with E-state index in [0.29, 0.717) is 12.5 Å². The molecule has 0 atom stereocenters. The second-order valence-electron chi connectivity index (χ2n) is 4.13. The lowest BCUT2D eigenvalue weighted by Crippen LogP contribution is -2.45. The van der Waals surface area contributed by atoms with Gasteiger partial charge in [-0.1, -0.05) is 6.42 Å². The molecule has 0 radical (unpaired) electrons. The van der Waals surface area contributed by atoms with Crippen LogP contribution in [0.4, 0.5) is 4.79 Å². The third-order valence-corrected chi connectivity index (χ3v) is 3.13. The fourth-order valence-corrected chi connectivity index (χ4v) is 1.86. The molecule has 92 valence electrons. The molecule has 1 saturated carbocycles. The Morgan fingerprint density at radius 3 is 2.56 bits per heavy atom. The van der Waals surface area contributed by atoms with Crippen LogP contribution in [0.5, 0.6) is 0 Å². The van der Waals surface area contributed by atoms with Crippen molar-refractivity contribution in [2.24, 2.45) is 5.92 Å². The molecule has 1 rings (SSSR count). The number of carbonyl (C=O) groups is 2. The van der Waals surface area contributed by atoms with E-state index in [-0.39, 0.29) is 24.2 Å². The first kappa shape index (κ1) is 13.3. The Hall–Kier alpha value is -0.770. The Labute approximate surface area is 101 Å². The zero-order chi connectivity index (χ0) is 12.0. The van der Waals surface area contributed by atoms with Gasteiger partial charge in [-0.05, 0) is 25.7 Å². The monoisotopic (exact) mass is 246 g/mol. The highest BCUT2D eigenvalue weighted by atomic mass is 35.5. The van der Waals surface area contributed by atoms with Crippen LogP contribution in [0.25, 0.3) is 0 Å². The summed E-state index contributed by atoms with van der Waals surface area (Å²) >= 11 is 5.42. The number of nitrogens with one attached hydrogen (secondary N) is 1. The minimum atomic E-state index is -0.299. The Balaban J connectivity index is 2.32. The van der Waals surface area contributed by atoms with Crippen LogP contribution in [0.1, 0.15) is 32.6 Å². The number of imide groups is 1. The number of urea groups is 1. The van der Waals surface area contributed by atoms with Gasteiger partial charge in [0.25, 0.3) is 0 Å². The minimum Gasteiger partial charge on any atom is -0.324 e. The van der Waals surface area contributed by atoms with Crippen LogP contribution in [0.15, 0.2) is 0 Å². The van der Waals surface area contributed by atoms with Gasteiger partial charge in [0.2, 0.25) is 5.91 Å². The average molecular weight is 247 g/mol. The number of nitrogens with zero attached hydrogens (tertiary/aromatic N) is 1. The predicted molar refractivity (Wildman–Crippen MR) is 63.5 cm³/mol. The largest absolute Gasteiger partial charge is 0.324 e. The fourth-order valence-electron chi connectivity index (χ4n) is 1.69. The van der Waals surface area contributed by atoms with Crippen molar-refractivity contribution in [1.29, 1.82) is 0 Å². The maximum absolute atomic E-state index is 11.7. The van der Waals surface area contributed by atoms with Crippen LogP contribution in [-0.4, -0.2) is 35.8 Å². The summed E-state index contributed by atoms with van der Waals surface area (Å²) in [6.45, 7) is 3.32. The highest BCUT2D eigenvalue weighted by Gasteiger charge is 2.23.